The molecule has 1 rings (SSSR count). The predicted molar refractivity (Wildman–Crippen MR) is 30.8 cm³/mol. The van der Waals surface area contributed by atoms with E-state index in [2.05, 4.69) is 10.8 Å². The summed E-state index contributed by atoms with van der Waals surface area (Å²) in [6.45, 7) is 1.78. The molecule has 0 amide bonds. The molecule has 8 heavy (non-hydrogen) atoms. The zero-order valence-corrected chi connectivity index (χ0v) is 4.85. The molecule has 1 aliphatic rings. The van der Waals surface area contributed by atoms with Crippen molar-refractivity contribution in [3.05, 3.63) is 0 Å². The molecule has 3 nitrogen and oxygen atoms in total. The first kappa shape index (κ1) is 6.01. The van der Waals surface area contributed by atoms with Crippen molar-refractivity contribution >= 4 is 0 Å². The molecule has 0 radical (unpaired) electrons. The van der Waals surface area contributed by atoms with Gasteiger partial charge in [-0.05, 0) is 19.4 Å². The number of nitrogens with one attached hydrogen (secondary N) is 2. The maximum Gasteiger partial charge on any atom is 0.0361 e. The summed E-state index contributed by atoms with van der Waals surface area (Å²) in [5.41, 5.74) is 2.15. The number of hydrogen-bond acceptors (Lipinski definition) is 3. The molecule has 0 saturated carbocycles. The summed E-state index contributed by atoms with van der Waals surface area (Å²) < 4.78 is 0. The minimum Gasteiger partial charge on any atom is -0.317 e. The Labute approximate surface area is 49.0 Å². The lowest BCUT2D eigenvalue weighted by Crippen LogP contribution is -2.32. The van der Waals surface area contributed by atoms with Crippen LogP contribution in [0.2, 0.25) is 0 Å². The minimum absolute atomic E-state index is 0.500. The molecule has 0 bridgehead atoms. The quantitative estimate of drug-likeness (QED) is 0.435. The van der Waals surface area contributed by atoms with Crippen LogP contribution in [0.25, 0.3) is 0 Å². The maximum atomic E-state index is 8.24. The fourth-order valence-electron chi connectivity index (χ4n) is 1.04. The molecule has 0 aromatic heterocycles. The zero-order chi connectivity index (χ0) is 5.82. The van der Waals surface area contributed by atoms with Gasteiger partial charge in [0.25, 0.3) is 0 Å². The Morgan fingerprint density at radius 2 is 2.62 bits per heavy atom. The summed E-state index contributed by atoms with van der Waals surface area (Å²) >= 11 is 0. The van der Waals surface area contributed by atoms with E-state index < -0.39 is 0 Å². The molecule has 0 unspecified atom stereocenters. The van der Waals surface area contributed by atoms with Crippen LogP contribution in [0.4, 0.5) is 0 Å². The Balaban J connectivity index is 2.06. The summed E-state index contributed by atoms with van der Waals surface area (Å²) in [5.74, 6) is 0. The summed E-state index contributed by atoms with van der Waals surface area (Å²) in [6.07, 6.45) is 2.43. The Bertz CT molecular complexity index is 61.4. The van der Waals surface area contributed by atoms with Gasteiger partial charge in [-0.15, -0.1) is 0 Å². The highest BCUT2D eigenvalue weighted by Crippen LogP contribution is 2.02. The molecule has 3 N–H and O–H groups in total. The lowest BCUT2D eigenvalue weighted by atomic mass is 10.2. The summed E-state index contributed by atoms with van der Waals surface area (Å²) in [4.78, 5) is 0. The van der Waals surface area contributed by atoms with Crippen molar-refractivity contribution in [3.8, 4) is 0 Å². The lowest BCUT2D eigenvalue weighted by Gasteiger charge is -2.05. The third kappa shape index (κ3) is 1.43. The van der Waals surface area contributed by atoms with Crippen LogP contribution >= 0.6 is 0 Å². The van der Waals surface area contributed by atoms with E-state index in [4.69, 9.17) is 5.21 Å². The van der Waals surface area contributed by atoms with Gasteiger partial charge in [0, 0.05) is 12.6 Å². The largest absolute Gasteiger partial charge is 0.317 e. The Morgan fingerprint density at radius 3 is 3.12 bits per heavy atom. The van der Waals surface area contributed by atoms with Crippen molar-refractivity contribution in [2.45, 2.75) is 18.9 Å². The summed E-state index contributed by atoms with van der Waals surface area (Å²) in [5, 5.41) is 11.5. The highest BCUT2D eigenvalue weighted by atomic mass is 16.5. The average Bonchev–Trinajstić information content (AvgIpc) is 2.19. The normalized spacial score (nSPS) is 28.9. The zero-order valence-electron chi connectivity index (χ0n) is 4.85. The molecule has 3 heteroatoms. The van der Waals surface area contributed by atoms with Crippen LogP contribution in [0.1, 0.15) is 12.8 Å². The lowest BCUT2D eigenvalue weighted by molar-refractivity contribution is 0.157. The van der Waals surface area contributed by atoms with E-state index in [0.29, 0.717) is 12.6 Å². The van der Waals surface area contributed by atoms with Crippen molar-refractivity contribution in [2.24, 2.45) is 0 Å². The van der Waals surface area contributed by atoms with Gasteiger partial charge in [-0.25, -0.2) is 5.48 Å². The van der Waals surface area contributed by atoms with Crippen molar-refractivity contribution in [2.75, 3.05) is 13.1 Å². The highest BCUT2D eigenvalue weighted by molar-refractivity contribution is 4.74. The van der Waals surface area contributed by atoms with E-state index in [1.807, 2.05) is 0 Å². The molecule has 1 atom stereocenters. The Hall–Kier alpha value is -0.120. The maximum absolute atomic E-state index is 8.24. The van der Waals surface area contributed by atoms with Gasteiger partial charge in [-0.2, -0.15) is 0 Å². The van der Waals surface area contributed by atoms with Crippen molar-refractivity contribution in [1.29, 1.82) is 0 Å². The van der Waals surface area contributed by atoms with Gasteiger partial charge >= 0.3 is 0 Å². The fourth-order valence-corrected chi connectivity index (χ4v) is 1.04. The molecular weight excluding hydrogens is 104 g/mol. The Morgan fingerprint density at radius 1 is 1.75 bits per heavy atom. The number of rotatable bonds is 2. The van der Waals surface area contributed by atoms with Crippen LogP contribution in [0.3, 0.4) is 0 Å². The van der Waals surface area contributed by atoms with Gasteiger partial charge in [0.15, 0.2) is 0 Å². The molecule has 1 heterocycles. The molecular formula is C5H12N2O. The second kappa shape index (κ2) is 3.02. The molecule has 0 aromatic carbocycles. The fraction of sp³-hybridized carbons (Fsp3) is 1.00. The number of hydroxylamine groups is 1. The van der Waals surface area contributed by atoms with E-state index in [9.17, 15) is 0 Å². The summed E-state index contributed by atoms with van der Waals surface area (Å²) in [6, 6.07) is 0.500. The predicted octanol–water partition coefficient (Wildman–Crippen LogP) is -0.283. The topological polar surface area (TPSA) is 44.3 Å². The second-order valence-electron chi connectivity index (χ2n) is 2.16. The van der Waals surface area contributed by atoms with Gasteiger partial charge in [0.1, 0.15) is 0 Å². The summed E-state index contributed by atoms with van der Waals surface area (Å²) in [7, 11) is 0. The second-order valence-corrected chi connectivity index (χ2v) is 2.16. The standard InChI is InChI=1S/C5H12N2O/c8-7-4-5-2-1-3-6-5/h5-8H,1-4H2/t5-/m0/s1. The van der Waals surface area contributed by atoms with Gasteiger partial charge < -0.3 is 10.5 Å². The van der Waals surface area contributed by atoms with Gasteiger partial charge in [-0.3, -0.25) is 0 Å². The van der Waals surface area contributed by atoms with Gasteiger partial charge in [-0.1, -0.05) is 0 Å². The van der Waals surface area contributed by atoms with Crippen molar-refractivity contribution in [1.82, 2.24) is 10.8 Å². The van der Waals surface area contributed by atoms with Crippen molar-refractivity contribution < 1.29 is 5.21 Å². The third-order valence-electron chi connectivity index (χ3n) is 1.50. The molecule has 1 saturated heterocycles. The van der Waals surface area contributed by atoms with E-state index in [0.717, 1.165) is 6.54 Å². The highest BCUT2D eigenvalue weighted by Gasteiger charge is 2.11. The Kier molecular flexibility index (Phi) is 2.27. The van der Waals surface area contributed by atoms with Crippen LogP contribution in [0, 0.1) is 0 Å². The van der Waals surface area contributed by atoms with Crippen LogP contribution in [0.15, 0.2) is 0 Å². The van der Waals surface area contributed by atoms with Crippen LogP contribution in [-0.4, -0.2) is 24.3 Å². The first-order chi connectivity index (χ1) is 3.93. The van der Waals surface area contributed by atoms with Gasteiger partial charge in [0.2, 0.25) is 0 Å². The third-order valence-corrected chi connectivity index (χ3v) is 1.50. The van der Waals surface area contributed by atoms with E-state index in [1.165, 1.54) is 12.8 Å². The van der Waals surface area contributed by atoms with Crippen LogP contribution in [0.5, 0.6) is 0 Å². The first-order valence-corrected chi connectivity index (χ1v) is 3.04. The molecule has 1 fully saturated rings. The van der Waals surface area contributed by atoms with Crippen LogP contribution < -0.4 is 10.8 Å². The average molecular weight is 116 g/mol. The molecule has 48 valence electrons. The minimum atomic E-state index is 0.500. The monoisotopic (exact) mass is 116 g/mol. The number of hydrogen-bond donors (Lipinski definition) is 3. The van der Waals surface area contributed by atoms with E-state index in [-0.39, 0.29) is 0 Å². The molecule has 1 aliphatic heterocycles. The smallest absolute Gasteiger partial charge is 0.0361 e. The molecule has 0 aliphatic carbocycles. The van der Waals surface area contributed by atoms with Crippen LogP contribution in [-0.2, 0) is 0 Å². The molecule has 0 aromatic rings. The van der Waals surface area contributed by atoms with E-state index in [1.54, 1.807) is 0 Å². The first-order valence-electron chi connectivity index (χ1n) is 3.04. The SMILES string of the molecule is ONC[C@@H]1CCCN1. The molecule has 0 spiro atoms. The van der Waals surface area contributed by atoms with Gasteiger partial charge in [0.05, 0.1) is 0 Å². The van der Waals surface area contributed by atoms with Crippen molar-refractivity contribution in [3.63, 3.8) is 0 Å². The van der Waals surface area contributed by atoms with E-state index >= 15 is 0 Å².